The van der Waals surface area contributed by atoms with Gasteiger partial charge in [0, 0.05) is 25.7 Å². The SMILES string of the molecule is O=C1N=CN(CCC(F)(F)F)C12CCN([C@H]1CCCC[C@H]1c1ccccc1)CC2. The van der Waals surface area contributed by atoms with E-state index in [1.165, 1.54) is 24.7 Å². The van der Waals surface area contributed by atoms with E-state index in [1.54, 1.807) is 4.90 Å². The number of halogens is 3. The second-order valence-electron chi connectivity index (χ2n) is 8.54. The molecule has 1 amide bonds. The first kappa shape index (κ1) is 20.4. The lowest BCUT2D eigenvalue weighted by Gasteiger charge is -2.48. The van der Waals surface area contributed by atoms with Crippen molar-refractivity contribution >= 4 is 12.2 Å². The van der Waals surface area contributed by atoms with Gasteiger partial charge in [0.15, 0.2) is 0 Å². The number of alkyl halides is 3. The smallest absolute Gasteiger partial charge is 0.347 e. The van der Waals surface area contributed by atoms with Crippen molar-refractivity contribution in [1.82, 2.24) is 9.80 Å². The Kier molecular flexibility index (Phi) is 5.69. The number of nitrogens with zero attached hydrogens (tertiary/aromatic N) is 3. The summed E-state index contributed by atoms with van der Waals surface area (Å²) >= 11 is 0. The van der Waals surface area contributed by atoms with Gasteiger partial charge in [-0.1, -0.05) is 43.2 Å². The van der Waals surface area contributed by atoms with E-state index < -0.39 is 18.1 Å². The van der Waals surface area contributed by atoms with Gasteiger partial charge in [0.1, 0.15) is 5.54 Å². The highest BCUT2D eigenvalue weighted by molar-refractivity contribution is 5.98. The van der Waals surface area contributed by atoms with Crippen molar-refractivity contribution in [3.8, 4) is 0 Å². The molecule has 1 saturated carbocycles. The summed E-state index contributed by atoms with van der Waals surface area (Å²) < 4.78 is 38.1. The van der Waals surface area contributed by atoms with Crippen molar-refractivity contribution in [1.29, 1.82) is 0 Å². The van der Waals surface area contributed by atoms with Gasteiger partial charge in [-0.2, -0.15) is 13.2 Å². The molecule has 3 aliphatic rings. The van der Waals surface area contributed by atoms with Gasteiger partial charge in [-0.25, -0.2) is 4.99 Å². The molecular formula is C22H28F3N3O. The number of carbonyl (C=O) groups is 1. The van der Waals surface area contributed by atoms with Crippen LogP contribution in [-0.2, 0) is 4.79 Å². The average molecular weight is 407 g/mol. The first-order valence-corrected chi connectivity index (χ1v) is 10.6. The van der Waals surface area contributed by atoms with Crippen LogP contribution >= 0.6 is 0 Å². The van der Waals surface area contributed by atoms with Crippen LogP contribution in [0.5, 0.6) is 0 Å². The highest BCUT2D eigenvalue weighted by Gasteiger charge is 2.50. The van der Waals surface area contributed by atoms with Crippen molar-refractivity contribution in [3.05, 3.63) is 35.9 Å². The van der Waals surface area contributed by atoms with Crippen molar-refractivity contribution in [2.24, 2.45) is 4.99 Å². The van der Waals surface area contributed by atoms with Crippen LogP contribution in [-0.4, -0.2) is 59.4 Å². The second kappa shape index (κ2) is 8.09. The number of hydrogen-bond donors (Lipinski definition) is 0. The van der Waals surface area contributed by atoms with E-state index in [2.05, 4.69) is 34.2 Å². The Bertz CT molecular complexity index is 741. The molecule has 1 spiro atoms. The third-order valence-corrected chi connectivity index (χ3v) is 6.95. The van der Waals surface area contributed by atoms with Gasteiger partial charge in [0.25, 0.3) is 5.91 Å². The quantitative estimate of drug-likeness (QED) is 0.744. The maximum atomic E-state index is 12.7. The number of rotatable bonds is 4. The maximum absolute atomic E-state index is 12.7. The molecule has 2 heterocycles. The summed E-state index contributed by atoms with van der Waals surface area (Å²) in [5.41, 5.74) is 0.489. The highest BCUT2D eigenvalue weighted by Crippen LogP contribution is 2.40. The predicted molar refractivity (Wildman–Crippen MR) is 106 cm³/mol. The van der Waals surface area contributed by atoms with Gasteiger partial charge in [0.05, 0.1) is 12.8 Å². The van der Waals surface area contributed by atoms with E-state index >= 15 is 0 Å². The van der Waals surface area contributed by atoms with Crippen LogP contribution in [0, 0.1) is 0 Å². The minimum Gasteiger partial charge on any atom is -0.347 e. The van der Waals surface area contributed by atoms with E-state index in [0.29, 0.717) is 24.8 Å². The van der Waals surface area contributed by atoms with Crippen LogP contribution in [0.4, 0.5) is 13.2 Å². The molecule has 2 aliphatic heterocycles. The highest BCUT2D eigenvalue weighted by atomic mass is 19.4. The van der Waals surface area contributed by atoms with Crippen LogP contribution < -0.4 is 0 Å². The number of likely N-dealkylation sites (tertiary alicyclic amines) is 1. The van der Waals surface area contributed by atoms with Crippen LogP contribution in [0.25, 0.3) is 0 Å². The molecule has 1 saturated heterocycles. The number of hydrogen-bond acceptors (Lipinski definition) is 3. The summed E-state index contributed by atoms with van der Waals surface area (Å²) in [6, 6.07) is 11.0. The summed E-state index contributed by atoms with van der Waals surface area (Å²) in [6.45, 7) is 1.26. The summed E-state index contributed by atoms with van der Waals surface area (Å²) in [5.74, 6) is 0.207. The molecular weight excluding hydrogens is 379 g/mol. The maximum Gasteiger partial charge on any atom is 0.390 e. The van der Waals surface area contributed by atoms with E-state index in [-0.39, 0.29) is 12.5 Å². The fourth-order valence-electron chi connectivity index (χ4n) is 5.36. The molecule has 0 radical (unpaired) electrons. The zero-order chi connectivity index (χ0) is 20.5. The number of piperidine rings is 1. The van der Waals surface area contributed by atoms with E-state index in [9.17, 15) is 18.0 Å². The van der Waals surface area contributed by atoms with Crippen molar-refractivity contribution in [3.63, 3.8) is 0 Å². The largest absolute Gasteiger partial charge is 0.390 e. The lowest BCUT2D eigenvalue weighted by atomic mass is 9.77. The van der Waals surface area contributed by atoms with Crippen molar-refractivity contribution in [2.75, 3.05) is 19.6 Å². The molecule has 0 N–H and O–H groups in total. The molecule has 158 valence electrons. The normalized spacial score (nSPS) is 27.7. The number of aliphatic imine (C=N–C) groups is 1. The molecule has 1 aliphatic carbocycles. The van der Waals surface area contributed by atoms with Gasteiger partial charge in [0.2, 0.25) is 0 Å². The van der Waals surface area contributed by atoms with Gasteiger partial charge in [-0.05, 0) is 37.2 Å². The summed E-state index contributed by atoms with van der Waals surface area (Å²) in [6.07, 6.45) is 2.00. The predicted octanol–water partition coefficient (Wildman–Crippen LogP) is 4.37. The fraction of sp³-hybridized carbons (Fsp3) is 0.636. The molecule has 7 heteroatoms. The van der Waals surface area contributed by atoms with E-state index in [4.69, 9.17) is 0 Å². The Hall–Kier alpha value is -1.89. The average Bonchev–Trinajstić information content (AvgIpc) is 3.02. The van der Waals surface area contributed by atoms with Crippen molar-refractivity contribution < 1.29 is 18.0 Å². The number of benzene rings is 1. The van der Waals surface area contributed by atoms with Crippen LogP contribution in [0.3, 0.4) is 0 Å². The van der Waals surface area contributed by atoms with Gasteiger partial charge < -0.3 is 4.90 Å². The molecule has 4 rings (SSSR count). The Morgan fingerprint density at radius 3 is 2.45 bits per heavy atom. The third-order valence-electron chi connectivity index (χ3n) is 6.95. The zero-order valence-corrected chi connectivity index (χ0v) is 16.6. The first-order valence-electron chi connectivity index (χ1n) is 10.6. The van der Waals surface area contributed by atoms with Crippen LogP contribution in [0.1, 0.15) is 56.4 Å². The Balaban J connectivity index is 1.44. The molecule has 2 atom stereocenters. The lowest BCUT2D eigenvalue weighted by molar-refractivity contribution is -0.143. The number of amides is 1. The van der Waals surface area contributed by atoms with E-state index in [1.807, 2.05) is 6.07 Å². The summed E-state index contributed by atoms with van der Waals surface area (Å²) in [5, 5.41) is 0. The topological polar surface area (TPSA) is 35.9 Å². The summed E-state index contributed by atoms with van der Waals surface area (Å²) in [7, 11) is 0. The molecule has 2 fully saturated rings. The third kappa shape index (κ3) is 4.20. The van der Waals surface area contributed by atoms with Crippen LogP contribution in [0.15, 0.2) is 35.3 Å². The molecule has 0 unspecified atom stereocenters. The summed E-state index contributed by atoms with van der Waals surface area (Å²) in [4.78, 5) is 20.4. The Labute approximate surface area is 169 Å². The van der Waals surface area contributed by atoms with Gasteiger partial charge in [-0.3, -0.25) is 9.69 Å². The van der Waals surface area contributed by atoms with Gasteiger partial charge >= 0.3 is 6.18 Å². The lowest BCUT2D eigenvalue weighted by Crippen LogP contribution is -2.58. The van der Waals surface area contributed by atoms with Crippen molar-refractivity contribution in [2.45, 2.75) is 68.6 Å². The minimum absolute atomic E-state index is 0.200. The molecule has 4 nitrogen and oxygen atoms in total. The monoisotopic (exact) mass is 407 g/mol. The fourth-order valence-corrected chi connectivity index (χ4v) is 5.36. The first-order chi connectivity index (χ1) is 13.9. The zero-order valence-electron chi connectivity index (χ0n) is 16.6. The molecule has 0 aromatic heterocycles. The van der Waals surface area contributed by atoms with E-state index in [0.717, 1.165) is 25.9 Å². The molecule has 1 aromatic rings. The minimum atomic E-state index is -4.23. The Morgan fingerprint density at radius 1 is 1.07 bits per heavy atom. The molecule has 29 heavy (non-hydrogen) atoms. The van der Waals surface area contributed by atoms with Crippen LogP contribution in [0.2, 0.25) is 0 Å². The Morgan fingerprint density at radius 2 is 1.76 bits per heavy atom. The number of carbonyl (C=O) groups excluding carboxylic acids is 1. The van der Waals surface area contributed by atoms with Gasteiger partial charge in [-0.15, -0.1) is 0 Å². The standard InChI is InChI=1S/C22H28F3N3O/c23-22(24,25)12-15-28-16-26-20(29)21(28)10-13-27(14-11-21)19-9-5-4-8-18(19)17-6-2-1-3-7-17/h1-3,6-7,16,18-19H,4-5,8-15H2/t18-,19-/m0/s1. The second-order valence-corrected chi connectivity index (χ2v) is 8.54. The molecule has 0 bridgehead atoms. The molecule has 1 aromatic carbocycles.